The predicted molar refractivity (Wildman–Crippen MR) is 110 cm³/mol. The number of benzene rings is 1. The zero-order valence-electron chi connectivity index (χ0n) is 15.9. The van der Waals surface area contributed by atoms with Gasteiger partial charge < -0.3 is 14.9 Å². The van der Waals surface area contributed by atoms with Crippen molar-refractivity contribution in [1.29, 1.82) is 5.26 Å². The molecule has 1 aromatic carbocycles. The van der Waals surface area contributed by atoms with Gasteiger partial charge >= 0.3 is 0 Å². The van der Waals surface area contributed by atoms with Gasteiger partial charge in [-0.25, -0.2) is 0 Å². The third-order valence-corrected chi connectivity index (χ3v) is 5.75. The molecule has 2 N–H and O–H groups in total. The maximum absolute atomic E-state index is 13.0. The summed E-state index contributed by atoms with van der Waals surface area (Å²) in [7, 11) is 0. The molecule has 148 valence electrons. The number of ketones is 1. The number of carbonyl (C=O) groups is 1. The summed E-state index contributed by atoms with van der Waals surface area (Å²) in [5.74, 6) is 0.645. The number of nitrogens with zero attached hydrogens (tertiary/aromatic N) is 1. The highest BCUT2D eigenvalue weighted by Gasteiger charge is 2.44. The summed E-state index contributed by atoms with van der Waals surface area (Å²) in [5, 5.41) is 10.7. The van der Waals surface area contributed by atoms with Crippen LogP contribution in [0.5, 0.6) is 0 Å². The molecule has 0 bridgehead atoms. The van der Waals surface area contributed by atoms with Crippen LogP contribution in [0.1, 0.15) is 38.4 Å². The van der Waals surface area contributed by atoms with Crippen LogP contribution in [0.2, 0.25) is 10.0 Å². The summed E-state index contributed by atoms with van der Waals surface area (Å²) in [6.07, 6.45) is 0.912. The maximum atomic E-state index is 13.0. The molecule has 0 saturated carbocycles. The van der Waals surface area contributed by atoms with Gasteiger partial charge in [0.05, 0.1) is 10.9 Å². The van der Waals surface area contributed by atoms with Crippen LogP contribution in [-0.4, -0.2) is 5.78 Å². The number of Topliss-reactive ketones (excluding diaryl/α,β-unsaturated/α-hetero) is 1. The van der Waals surface area contributed by atoms with Gasteiger partial charge in [-0.2, -0.15) is 5.26 Å². The molecule has 2 heterocycles. The number of halogens is 2. The highest BCUT2D eigenvalue weighted by molar-refractivity contribution is 6.35. The lowest BCUT2D eigenvalue weighted by Gasteiger charge is -2.36. The number of nitriles is 1. The zero-order chi connectivity index (χ0) is 20.9. The van der Waals surface area contributed by atoms with Crippen LogP contribution in [0.15, 0.2) is 57.5 Å². The van der Waals surface area contributed by atoms with Crippen LogP contribution in [0.3, 0.4) is 0 Å². The normalized spacial score (nSPS) is 20.9. The van der Waals surface area contributed by atoms with Gasteiger partial charge in [-0.15, -0.1) is 0 Å². The van der Waals surface area contributed by atoms with E-state index in [4.69, 9.17) is 38.1 Å². The highest BCUT2D eigenvalue weighted by atomic mass is 35.5. The van der Waals surface area contributed by atoms with E-state index in [9.17, 15) is 10.1 Å². The summed E-state index contributed by atoms with van der Waals surface area (Å²) >= 11 is 12.4. The van der Waals surface area contributed by atoms with Gasteiger partial charge in [0.1, 0.15) is 28.9 Å². The highest BCUT2D eigenvalue weighted by Crippen LogP contribution is 2.48. The summed E-state index contributed by atoms with van der Waals surface area (Å²) in [6.45, 7) is 4.00. The monoisotopic (exact) mass is 428 g/mol. The van der Waals surface area contributed by atoms with E-state index in [1.807, 2.05) is 13.8 Å². The predicted octanol–water partition coefficient (Wildman–Crippen LogP) is 5.70. The molecule has 1 aromatic heterocycles. The first-order chi connectivity index (χ1) is 13.7. The van der Waals surface area contributed by atoms with E-state index in [1.54, 1.807) is 30.3 Å². The molecule has 0 saturated heterocycles. The second-order valence-corrected chi connectivity index (χ2v) is 8.87. The molecule has 0 radical (unpaired) electrons. The van der Waals surface area contributed by atoms with Gasteiger partial charge in [-0.3, -0.25) is 4.79 Å². The van der Waals surface area contributed by atoms with Gasteiger partial charge in [0.15, 0.2) is 5.78 Å². The molecule has 29 heavy (non-hydrogen) atoms. The van der Waals surface area contributed by atoms with Crippen LogP contribution in [0.4, 0.5) is 0 Å². The molecule has 0 amide bonds. The Bertz CT molecular complexity index is 1140. The largest absolute Gasteiger partial charge is 0.460 e. The maximum Gasteiger partial charge on any atom is 0.205 e. The van der Waals surface area contributed by atoms with Gasteiger partial charge in [-0.05, 0) is 35.7 Å². The second kappa shape index (κ2) is 6.98. The first-order valence-corrected chi connectivity index (χ1v) is 9.85. The number of carbonyl (C=O) groups excluding carboxylic acids is 1. The fraction of sp³-hybridized carbons (Fsp3) is 0.273. The number of rotatable bonds is 2. The molecule has 0 fully saturated rings. The van der Waals surface area contributed by atoms with E-state index in [0.29, 0.717) is 51.3 Å². The number of ether oxygens (including phenoxy) is 1. The standard InChI is InChI=1S/C22H18Cl2N2O3/c1-22(2)8-15(27)20-18(9-22)29-21(26)13(10-25)19(20)17-6-5-16(28-17)12-7-11(23)3-4-14(12)24/h3-7,19H,8-9,26H2,1-2H3/t19-/m1/s1. The Hall–Kier alpha value is -2.68. The summed E-state index contributed by atoms with van der Waals surface area (Å²) in [4.78, 5) is 13.0. The Morgan fingerprint density at radius 3 is 2.69 bits per heavy atom. The molecule has 2 aromatic rings. The topological polar surface area (TPSA) is 89.2 Å². The second-order valence-electron chi connectivity index (χ2n) is 8.03. The third kappa shape index (κ3) is 3.43. The third-order valence-electron chi connectivity index (χ3n) is 5.18. The lowest BCUT2D eigenvalue weighted by atomic mass is 9.71. The first-order valence-electron chi connectivity index (χ1n) is 9.09. The van der Waals surface area contributed by atoms with E-state index in [2.05, 4.69) is 6.07 Å². The molecule has 7 heteroatoms. The molecule has 4 rings (SSSR count). The van der Waals surface area contributed by atoms with Crippen molar-refractivity contribution >= 4 is 29.0 Å². The van der Waals surface area contributed by atoms with Crippen molar-refractivity contribution in [2.45, 2.75) is 32.6 Å². The van der Waals surface area contributed by atoms with Crippen LogP contribution >= 0.6 is 23.2 Å². The number of hydrogen-bond acceptors (Lipinski definition) is 5. The van der Waals surface area contributed by atoms with E-state index >= 15 is 0 Å². The van der Waals surface area contributed by atoms with Crippen LogP contribution < -0.4 is 5.73 Å². The van der Waals surface area contributed by atoms with Crippen molar-refractivity contribution in [2.24, 2.45) is 11.1 Å². The Morgan fingerprint density at radius 2 is 1.97 bits per heavy atom. The van der Waals surface area contributed by atoms with Gasteiger partial charge in [0, 0.05) is 29.0 Å². The number of furan rings is 1. The first kappa shape index (κ1) is 19.6. The van der Waals surface area contributed by atoms with Crippen LogP contribution in [0, 0.1) is 16.7 Å². The molecular formula is C22H18Cl2N2O3. The van der Waals surface area contributed by atoms with E-state index in [-0.39, 0.29) is 22.7 Å². The molecular weight excluding hydrogens is 411 g/mol. The Balaban J connectivity index is 1.84. The van der Waals surface area contributed by atoms with E-state index < -0.39 is 5.92 Å². The molecule has 2 aliphatic rings. The van der Waals surface area contributed by atoms with Gasteiger partial charge in [0.25, 0.3) is 0 Å². The lowest BCUT2D eigenvalue weighted by molar-refractivity contribution is -0.119. The van der Waals surface area contributed by atoms with Crippen molar-refractivity contribution in [1.82, 2.24) is 0 Å². The van der Waals surface area contributed by atoms with E-state index in [0.717, 1.165) is 0 Å². The number of hydrogen-bond donors (Lipinski definition) is 1. The minimum Gasteiger partial charge on any atom is -0.460 e. The van der Waals surface area contributed by atoms with Crippen molar-refractivity contribution in [3.8, 4) is 17.4 Å². The molecule has 1 aliphatic heterocycles. The van der Waals surface area contributed by atoms with Crippen molar-refractivity contribution in [3.63, 3.8) is 0 Å². The van der Waals surface area contributed by atoms with Crippen molar-refractivity contribution in [3.05, 3.63) is 68.9 Å². The SMILES string of the molecule is CC1(C)CC(=O)C2=C(C1)OC(N)=C(C#N)[C@@H]2c1ccc(-c2cc(Cl)ccc2Cl)o1. The van der Waals surface area contributed by atoms with Gasteiger partial charge in [-0.1, -0.05) is 37.0 Å². The number of nitrogens with two attached hydrogens (primary N) is 1. The number of allylic oxidation sites excluding steroid dienone is 3. The van der Waals surface area contributed by atoms with Crippen molar-refractivity contribution in [2.75, 3.05) is 0 Å². The molecule has 0 unspecified atom stereocenters. The van der Waals surface area contributed by atoms with E-state index in [1.165, 1.54) is 0 Å². The summed E-state index contributed by atoms with van der Waals surface area (Å²) in [6, 6.07) is 10.6. The lowest BCUT2D eigenvalue weighted by Crippen LogP contribution is -2.33. The summed E-state index contributed by atoms with van der Waals surface area (Å²) in [5.41, 5.74) is 7.01. The average molecular weight is 429 g/mol. The van der Waals surface area contributed by atoms with Crippen molar-refractivity contribution < 1.29 is 13.9 Å². The van der Waals surface area contributed by atoms with Crippen LogP contribution in [-0.2, 0) is 9.53 Å². The fourth-order valence-corrected chi connectivity index (χ4v) is 4.29. The van der Waals surface area contributed by atoms with Crippen LogP contribution in [0.25, 0.3) is 11.3 Å². The Kier molecular flexibility index (Phi) is 4.72. The molecule has 1 aliphatic carbocycles. The van der Waals surface area contributed by atoms with Gasteiger partial charge in [0.2, 0.25) is 5.88 Å². The smallest absolute Gasteiger partial charge is 0.205 e. The molecule has 0 spiro atoms. The molecule has 5 nitrogen and oxygen atoms in total. The Morgan fingerprint density at radius 1 is 1.21 bits per heavy atom. The fourth-order valence-electron chi connectivity index (χ4n) is 3.91. The zero-order valence-corrected chi connectivity index (χ0v) is 17.4. The molecule has 1 atom stereocenters. The minimum atomic E-state index is -0.709. The Labute approximate surface area is 178 Å². The quantitative estimate of drug-likeness (QED) is 0.661. The minimum absolute atomic E-state index is 0.000452. The summed E-state index contributed by atoms with van der Waals surface area (Å²) < 4.78 is 11.7. The average Bonchev–Trinajstić information content (AvgIpc) is 3.11.